The second-order valence-electron chi connectivity index (χ2n) is 19.2. The van der Waals surface area contributed by atoms with Crippen molar-refractivity contribution in [3.05, 3.63) is 95.1 Å². The summed E-state index contributed by atoms with van der Waals surface area (Å²) in [6.45, 7) is 25.4. The van der Waals surface area contributed by atoms with Gasteiger partial charge in [0.25, 0.3) is 0 Å². The van der Waals surface area contributed by atoms with Crippen LogP contribution in [0.1, 0.15) is 131 Å². The lowest BCUT2D eigenvalue weighted by molar-refractivity contribution is -0.131. The van der Waals surface area contributed by atoms with Gasteiger partial charge in [0.15, 0.2) is 11.6 Å². The normalized spacial score (nSPS) is 15.2. The van der Waals surface area contributed by atoms with Crippen LogP contribution in [-0.2, 0) is 54.8 Å². The van der Waals surface area contributed by atoms with Crippen LogP contribution in [0, 0.1) is 23.7 Å². The third kappa shape index (κ3) is 22.6. The summed E-state index contributed by atoms with van der Waals surface area (Å²) in [5, 5.41) is 17.1. The van der Waals surface area contributed by atoms with E-state index in [9.17, 15) is 28.8 Å². The van der Waals surface area contributed by atoms with Gasteiger partial charge >= 0.3 is 18.2 Å². The number of alkyl carbamates (subject to hydrolysis) is 2. The Bertz CT molecular complexity index is 1840. The van der Waals surface area contributed by atoms with E-state index in [1.54, 1.807) is 67.5 Å². The van der Waals surface area contributed by atoms with Crippen molar-refractivity contribution in [1.82, 2.24) is 20.9 Å². The first-order chi connectivity index (χ1) is 29.3. The highest BCUT2D eigenvalue weighted by Crippen LogP contribution is 2.24. The summed E-state index contributed by atoms with van der Waals surface area (Å²) in [5.41, 5.74) is 4.03. The fourth-order valence-corrected chi connectivity index (χ4v) is 6.94. The Hall–Kier alpha value is -5.30. The van der Waals surface area contributed by atoms with Crippen molar-refractivity contribution in [3.63, 3.8) is 0 Å². The number of carboxylic acids is 1. The van der Waals surface area contributed by atoms with E-state index < -0.39 is 41.4 Å². The van der Waals surface area contributed by atoms with Gasteiger partial charge in [-0.3, -0.25) is 14.4 Å². The molecule has 2 aromatic carbocycles. The molecule has 4 atom stereocenters. The minimum atomic E-state index is -1.04. The van der Waals surface area contributed by atoms with Crippen molar-refractivity contribution in [2.45, 2.75) is 158 Å². The molecule has 0 spiro atoms. The Balaban J connectivity index is 0.000000370. The molecule has 4 rings (SSSR count). The van der Waals surface area contributed by atoms with E-state index in [4.69, 9.17) is 14.6 Å². The summed E-state index contributed by atoms with van der Waals surface area (Å²) in [6.07, 6.45) is 6.74. The lowest BCUT2D eigenvalue weighted by Gasteiger charge is -2.22. The highest BCUT2D eigenvalue weighted by Gasteiger charge is 2.26. The summed E-state index contributed by atoms with van der Waals surface area (Å²) in [5.74, 6) is -0.837. The van der Waals surface area contributed by atoms with Crippen molar-refractivity contribution < 1.29 is 43.3 Å². The number of nitrogens with zero attached hydrogens (tertiary/aromatic N) is 1. The van der Waals surface area contributed by atoms with Crippen LogP contribution >= 0.6 is 0 Å². The largest absolute Gasteiger partial charge is 0.478 e. The van der Waals surface area contributed by atoms with E-state index in [2.05, 4.69) is 54.1 Å². The predicted octanol–water partition coefficient (Wildman–Crippen LogP) is 9.07. The molecule has 0 aliphatic carbocycles. The Morgan fingerprint density at radius 1 is 0.635 bits per heavy atom. The highest BCUT2D eigenvalue weighted by molar-refractivity contribution is 5.89. The van der Waals surface area contributed by atoms with Crippen LogP contribution in [0.15, 0.2) is 72.8 Å². The first-order valence-corrected chi connectivity index (χ1v) is 22.1. The van der Waals surface area contributed by atoms with E-state index in [1.807, 2.05) is 49.1 Å². The minimum Gasteiger partial charge on any atom is -0.478 e. The number of ketones is 2. The maximum Gasteiger partial charge on any atom is 0.408 e. The molecular weight excluding hydrogens is 801 g/mol. The molecule has 2 aliphatic heterocycles. The SMILES string of the molecule is CC(C)C[C@@H](/C=C/C(=O)N1Cc2ccccc2C1)CC(=O)[C@H](C)NC(=O)OC(C)(C)C.CC(C)C[C@@H](/C=C/C(=O)O)CC(=O)[C@H](C)NC(=O)OC(C)(C)C.c1ccc2c(c1)CNC2. The quantitative estimate of drug-likeness (QED) is 0.119. The Morgan fingerprint density at radius 2 is 1.00 bits per heavy atom. The molecule has 63 heavy (non-hydrogen) atoms. The van der Waals surface area contributed by atoms with Crippen molar-refractivity contribution in [1.29, 1.82) is 0 Å². The number of fused-ring (bicyclic) bond motifs is 2. The van der Waals surface area contributed by atoms with Crippen LogP contribution in [-0.4, -0.2) is 68.9 Å². The monoisotopic (exact) mass is 875 g/mol. The molecular formula is C50H74N4O9. The van der Waals surface area contributed by atoms with Crippen LogP contribution in [0.25, 0.3) is 0 Å². The zero-order chi connectivity index (χ0) is 47.5. The van der Waals surface area contributed by atoms with Crippen LogP contribution in [0.2, 0.25) is 0 Å². The summed E-state index contributed by atoms with van der Waals surface area (Å²) in [6, 6.07) is 15.3. The van der Waals surface area contributed by atoms with Crippen molar-refractivity contribution in [2.75, 3.05) is 0 Å². The Labute approximate surface area is 375 Å². The number of hydrogen-bond acceptors (Lipinski definition) is 9. The highest BCUT2D eigenvalue weighted by atomic mass is 16.6. The minimum absolute atomic E-state index is 0.0441. The summed E-state index contributed by atoms with van der Waals surface area (Å²) in [7, 11) is 0. The molecule has 2 heterocycles. The van der Waals surface area contributed by atoms with Crippen LogP contribution in [0.5, 0.6) is 0 Å². The number of nitrogens with one attached hydrogen (secondary N) is 3. The Morgan fingerprint density at radius 3 is 1.35 bits per heavy atom. The third-order valence-electron chi connectivity index (χ3n) is 9.83. The van der Waals surface area contributed by atoms with Gasteiger partial charge in [0.05, 0.1) is 12.1 Å². The van der Waals surface area contributed by atoms with E-state index in [0.29, 0.717) is 31.3 Å². The maximum atomic E-state index is 12.7. The molecule has 13 nitrogen and oxygen atoms in total. The van der Waals surface area contributed by atoms with Crippen molar-refractivity contribution in [3.8, 4) is 0 Å². The molecule has 0 saturated heterocycles. The predicted molar refractivity (Wildman–Crippen MR) is 246 cm³/mol. The average molecular weight is 875 g/mol. The smallest absolute Gasteiger partial charge is 0.408 e. The molecule has 348 valence electrons. The molecule has 2 aliphatic rings. The summed E-state index contributed by atoms with van der Waals surface area (Å²) < 4.78 is 10.3. The van der Waals surface area contributed by atoms with Gasteiger partial charge in [0, 0.05) is 45.1 Å². The second kappa shape index (κ2) is 25.7. The number of hydrogen-bond donors (Lipinski definition) is 4. The van der Waals surface area contributed by atoms with E-state index >= 15 is 0 Å². The fraction of sp³-hybridized carbons (Fsp3) is 0.560. The van der Waals surface area contributed by atoms with Gasteiger partial charge in [-0.25, -0.2) is 14.4 Å². The third-order valence-corrected chi connectivity index (χ3v) is 9.83. The first-order valence-electron chi connectivity index (χ1n) is 22.1. The molecule has 2 aromatic rings. The number of allylic oxidation sites excluding steroid dienone is 2. The van der Waals surface area contributed by atoms with Gasteiger partial charge in [-0.15, -0.1) is 0 Å². The van der Waals surface area contributed by atoms with E-state index in [-0.39, 0.29) is 42.2 Å². The molecule has 13 heteroatoms. The van der Waals surface area contributed by atoms with Gasteiger partial charge in [-0.1, -0.05) is 88.4 Å². The van der Waals surface area contributed by atoms with E-state index in [1.165, 1.54) is 22.3 Å². The number of aliphatic carboxylic acids is 1. The number of carboxylic acid groups (broad SMARTS) is 1. The number of amides is 3. The lowest BCUT2D eigenvalue weighted by atomic mass is 9.90. The van der Waals surface area contributed by atoms with Crippen molar-refractivity contribution in [2.24, 2.45) is 23.7 Å². The van der Waals surface area contributed by atoms with Crippen molar-refractivity contribution >= 4 is 35.6 Å². The standard InChI is InChI=1S/C25H36N2O4.C17H29NO5.C8H9N/c1-17(2)13-19(14-22(28)18(3)26-24(30)31-25(4,5)6)11-12-23(29)27-15-20-9-7-8-10-21(20)16-27;1-11(2)9-13(7-8-15(20)21)10-14(19)12(3)18-16(22)23-17(4,5)6;1-2-4-8-6-9-5-7(8)3-1/h7-12,17-19H,13-16H2,1-6H3,(H,26,30);7-8,11-13H,9-10H2,1-6H3,(H,18,22)(H,20,21);1-4,9H,5-6H2/b12-11+;8-7+;/t18-,19+;12-,13+;/m00./s1. The molecule has 3 amide bonds. The first kappa shape index (κ1) is 53.8. The Kier molecular flexibility index (Phi) is 22.0. The molecule has 0 radical (unpaired) electrons. The molecule has 0 bridgehead atoms. The van der Waals surface area contributed by atoms with Gasteiger partial charge < -0.3 is 35.4 Å². The second-order valence-corrected chi connectivity index (χ2v) is 19.2. The zero-order valence-electron chi connectivity index (χ0n) is 39.7. The van der Waals surface area contributed by atoms with Gasteiger partial charge in [0.2, 0.25) is 5.91 Å². The number of ether oxygens (including phenoxy) is 2. The molecule has 4 N–H and O–H groups in total. The molecule has 0 saturated carbocycles. The van der Waals surface area contributed by atoms with Crippen LogP contribution in [0.3, 0.4) is 0 Å². The molecule has 0 fully saturated rings. The number of rotatable bonds is 16. The van der Waals surface area contributed by atoms with Gasteiger partial charge in [-0.05, 0) is 120 Å². The number of carbonyl (C=O) groups excluding carboxylic acids is 5. The lowest BCUT2D eigenvalue weighted by Crippen LogP contribution is -2.42. The van der Waals surface area contributed by atoms with Crippen LogP contribution < -0.4 is 16.0 Å². The average Bonchev–Trinajstić information content (AvgIpc) is 3.82. The number of Topliss-reactive ketones (excluding diaryl/α,β-unsaturated/α-hetero) is 2. The topological polar surface area (TPSA) is 180 Å². The number of benzene rings is 2. The maximum absolute atomic E-state index is 12.7. The molecule has 0 aromatic heterocycles. The summed E-state index contributed by atoms with van der Waals surface area (Å²) >= 11 is 0. The van der Waals surface area contributed by atoms with Gasteiger partial charge in [0.1, 0.15) is 11.2 Å². The van der Waals surface area contributed by atoms with Gasteiger partial charge in [-0.2, -0.15) is 0 Å². The van der Waals surface area contributed by atoms with E-state index in [0.717, 1.165) is 25.6 Å². The zero-order valence-corrected chi connectivity index (χ0v) is 39.7. The number of carbonyl (C=O) groups is 6. The fourth-order valence-electron chi connectivity index (χ4n) is 6.94. The molecule has 0 unspecified atom stereocenters. The van der Waals surface area contributed by atoms with Crippen LogP contribution in [0.4, 0.5) is 9.59 Å². The summed E-state index contributed by atoms with van der Waals surface area (Å²) in [4.78, 5) is 73.7.